The summed E-state index contributed by atoms with van der Waals surface area (Å²) in [5.74, 6) is 0. The molecule has 0 saturated heterocycles. The molecule has 2 heteroatoms. The monoisotopic (exact) mass is 663 g/mol. The van der Waals surface area contributed by atoms with E-state index < -0.39 is 0 Å². The zero-order chi connectivity index (χ0) is 34.4. The predicted molar refractivity (Wildman–Crippen MR) is 220 cm³/mol. The van der Waals surface area contributed by atoms with Gasteiger partial charge in [-0.1, -0.05) is 152 Å². The van der Waals surface area contributed by atoms with Crippen molar-refractivity contribution in [1.82, 2.24) is 0 Å². The molecule has 0 aliphatic carbocycles. The average molecular weight is 664 g/mol. The maximum Gasteiger partial charge on any atom is 0.143 e. The minimum atomic E-state index is 0.910. The first-order chi connectivity index (χ1) is 25.8. The van der Waals surface area contributed by atoms with E-state index in [9.17, 15) is 0 Å². The van der Waals surface area contributed by atoms with Crippen LogP contribution >= 0.6 is 0 Å². The van der Waals surface area contributed by atoms with E-state index in [4.69, 9.17) is 4.42 Å². The van der Waals surface area contributed by atoms with Crippen molar-refractivity contribution < 1.29 is 4.42 Å². The number of hydrogen-bond acceptors (Lipinski definition) is 2. The Morgan fingerprint density at radius 3 is 1.73 bits per heavy atom. The molecule has 0 N–H and O–H groups in total. The van der Waals surface area contributed by atoms with Gasteiger partial charge in [0.05, 0.1) is 5.69 Å². The zero-order valence-corrected chi connectivity index (χ0v) is 28.4. The van der Waals surface area contributed by atoms with E-state index in [1.54, 1.807) is 0 Å². The summed E-state index contributed by atoms with van der Waals surface area (Å²) in [4.78, 5) is 2.38. The van der Waals surface area contributed by atoms with E-state index in [1.165, 1.54) is 33.0 Å². The molecule has 2 nitrogen and oxygen atoms in total. The van der Waals surface area contributed by atoms with Gasteiger partial charge in [0.1, 0.15) is 11.2 Å². The lowest BCUT2D eigenvalue weighted by atomic mass is 9.96. The summed E-state index contributed by atoms with van der Waals surface area (Å²) in [5.41, 5.74) is 12.2. The molecule has 0 saturated carbocycles. The molecule has 52 heavy (non-hydrogen) atoms. The maximum absolute atomic E-state index is 6.48. The Morgan fingerprint density at radius 1 is 0.327 bits per heavy atom. The molecule has 0 radical (unpaired) electrons. The fourth-order valence-electron chi connectivity index (χ4n) is 7.71. The van der Waals surface area contributed by atoms with Crippen molar-refractivity contribution in [3.05, 3.63) is 200 Å². The predicted octanol–water partition coefficient (Wildman–Crippen LogP) is 14.4. The third-order valence-corrected chi connectivity index (χ3v) is 10.3. The van der Waals surface area contributed by atoms with E-state index >= 15 is 0 Å². The summed E-state index contributed by atoms with van der Waals surface area (Å²) in [6.07, 6.45) is 0. The number of furan rings is 1. The highest BCUT2D eigenvalue weighted by molar-refractivity contribution is 6.15. The van der Waals surface area contributed by atoms with Crippen molar-refractivity contribution in [2.75, 3.05) is 4.90 Å². The van der Waals surface area contributed by atoms with Gasteiger partial charge < -0.3 is 9.32 Å². The molecule has 0 aliphatic heterocycles. The first kappa shape index (κ1) is 30.0. The second-order valence-corrected chi connectivity index (χ2v) is 13.3. The molecule has 1 aromatic heterocycles. The first-order valence-corrected chi connectivity index (χ1v) is 17.8. The highest BCUT2D eigenvalue weighted by Crippen LogP contribution is 2.43. The van der Waals surface area contributed by atoms with Gasteiger partial charge in [-0.3, -0.25) is 0 Å². The second kappa shape index (κ2) is 12.5. The summed E-state index contributed by atoms with van der Waals surface area (Å²) < 4.78 is 6.48. The molecular weight excluding hydrogens is 631 g/mol. The van der Waals surface area contributed by atoms with Gasteiger partial charge in [0.15, 0.2) is 0 Å². The molecule has 0 bridgehead atoms. The van der Waals surface area contributed by atoms with Crippen molar-refractivity contribution in [3.8, 4) is 33.4 Å². The summed E-state index contributed by atoms with van der Waals surface area (Å²) >= 11 is 0. The Balaban J connectivity index is 1.13. The summed E-state index contributed by atoms with van der Waals surface area (Å²) in [7, 11) is 0. The van der Waals surface area contributed by atoms with Gasteiger partial charge in [-0.05, 0) is 92.5 Å². The van der Waals surface area contributed by atoms with E-state index in [0.29, 0.717) is 0 Å². The summed E-state index contributed by atoms with van der Waals surface area (Å²) in [5, 5.41) is 7.05. The average Bonchev–Trinajstić information content (AvgIpc) is 3.61. The zero-order valence-electron chi connectivity index (χ0n) is 28.4. The van der Waals surface area contributed by atoms with Crippen molar-refractivity contribution in [2.24, 2.45) is 0 Å². The lowest BCUT2D eigenvalue weighted by Gasteiger charge is -2.28. The first-order valence-electron chi connectivity index (χ1n) is 17.8. The molecule has 244 valence electrons. The Kier molecular flexibility index (Phi) is 7.18. The number of benzene rings is 9. The largest absolute Gasteiger partial charge is 0.455 e. The number of nitrogens with zero attached hydrogens (tertiary/aromatic N) is 1. The van der Waals surface area contributed by atoms with E-state index in [-0.39, 0.29) is 0 Å². The molecule has 0 spiro atoms. The van der Waals surface area contributed by atoms with Gasteiger partial charge >= 0.3 is 0 Å². The van der Waals surface area contributed by atoms with Gasteiger partial charge in [-0.2, -0.15) is 0 Å². The standard InChI is InChI=1S/C50H33NO/c1-2-11-34(12-3-1)35-23-28-40(29-24-35)51(41-30-25-37(26-31-41)43-18-10-14-36-13-4-5-15-42(36)43)48-19-8-6-16-44(48)39-22-21-38-27-32-46-45-17-7-9-20-49(45)52-50(46)47(38)33-39/h1-33H. The van der Waals surface area contributed by atoms with Crippen LogP contribution in [0.3, 0.4) is 0 Å². The summed E-state index contributed by atoms with van der Waals surface area (Å²) in [6, 6.07) is 71.7. The summed E-state index contributed by atoms with van der Waals surface area (Å²) in [6.45, 7) is 0. The Labute approximate surface area is 302 Å². The van der Waals surface area contributed by atoms with Crippen LogP contribution in [-0.2, 0) is 0 Å². The lowest BCUT2D eigenvalue weighted by Crippen LogP contribution is -2.11. The fourth-order valence-corrected chi connectivity index (χ4v) is 7.71. The molecule has 0 atom stereocenters. The topological polar surface area (TPSA) is 16.4 Å². The van der Waals surface area contributed by atoms with Crippen molar-refractivity contribution >= 4 is 60.5 Å². The molecule has 0 unspecified atom stereocenters. The minimum Gasteiger partial charge on any atom is -0.455 e. The van der Waals surface area contributed by atoms with Crippen LogP contribution in [0.5, 0.6) is 0 Å². The smallest absolute Gasteiger partial charge is 0.143 e. The highest BCUT2D eigenvalue weighted by atomic mass is 16.3. The molecule has 0 aliphatic rings. The quantitative estimate of drug-likeness (QED) is 0.176. The van der Waals surface area contributed by atoms with E-state index in [2.05, 4.69) is 193 Å². The van der Waals surface area contributed by atoms with Crippen molar-refractivity contribution in [1.29, 1.82) is 0 Å². The van der Waals surface area contributed by atoms with Gasteiger partial charge in [0.25, 0.3) is 0 Å². The van der Waals surface area contributed by atoms with Crippen LogP contribution in [0.25, 0.3) is 76.9 Å². The van der Waals surface area contributed by atoms with Crippen LogP contribution in [0.2, 0.25) is 0 Å². The number of para-hydroxylation sites is 2. The number of rotatable bonds is 6. The molecule has 9 aromatic carbocycles. The van der Waals surface area contributed by atoms with Gasteiger partial charge in [0.2, 0.25) is 0 Å². The highest BCUT2D eigenvalue weighted by Gasteiger charge is 2.19. The van der Waals surface area contributed by atoms with Crippen LogP contribution in [0.15, 0.2) is 205 Å². The number of fused-ring (bicyclic) bond motifs is 6. The van der Waals surface area contributed by atoms with Crippen LogP contribution in [0.4, 0.5) is 17.1 Å². The van der Waals surface area contributed by atoms with E-state index in [0.717, 1.165) is 60.9 Å². The van der Waals surface area contributed by atoms with Crippen LogP contribution in [0, 0.1) is 0 Å². The third-order valence-electron chi connectivity index (χ3n) is 10.3. The molecule has 10 rings (SSSR count). The molecule has 0 fully saturated rings. The van der Waals surface area contributed by atoms with Gasteiger partial charge in [-0.25, -0.2) is 0 Å². The fraction of sp³-hybridized carbons (Fsp3) is 0. The lowest BCUT2D eigenvalue weighted by molar-refractivity contribution is 0.672. The minimum absolute atomic E-state index is 0.910. The van der Waals surface area contributed by atoms with Crippen LogP contribution < -0.4 is 4.90 Å². The Morgan fingerprint density at radius 2 is 0.904 bits per heavy atom. The molecular formula is C50H33NO. The molecule has 0 amide bonds. The van der Waals surface area contributed by atoms with Gasteiger partial charge in [0, 0.05) is 33.1 Å². The van der Waals surface area contributed by atoms with Crippen molar-refractivity contribution in [3.63, 3.8) is 0 Å². The Bertz CT molecular complexity index is 2880. The van der Waals surface area contributed by atoms with Crippen LogP contribution in [0.1, 0.15) is 0 Å². The van der Waals surface area contributed by atoms with Crippen molar-refractivity contribution in [2.45, 2.75) is 0 Å². The van der Waals surface area contributed by atoms with E-state index in [1.807, 2.05) is 12.1 Å². The van der Waals surface area contributed by atoms with Gasteiger partial charge in [-0.15, -0.1) is 0 Å². The number of hydrogen-bond donors (Lipinski definition) is 0. The maximum atomic E-state index is 6.48. The third kappa shape index (κ3) is 5.12. The molecule has 10 aromatic rings. The van der Waals surface area contributed by atoms with Crippen LogP contribution in [-0.4, -0.2) is 0 Å². The normalized spacial score (nSPS) is 11.5. The molecule has 1 heterocycles. The SMILES string of the molecule is c1ccc(-c2ccc(N(c3ccc(-c4cccc5ccccc45)cc3)c3ccccc3-c3ccc4ccc5c6ccccc6oc5c4c3)cc2)cc1. The Hall–Kier alpha value is -6.90. The second-order valence-electron chi connectivity index (χ2n) is 13.3. The number of anilines is 3.